The number of pyridine rings is 1. The van der Waals surface area contributed by atoms with Crippen LogP contribution in [0, 0.1) is 0 Å². The molecule has 0 bridgehead atoms. The van der Waals surface area contributed by atoms with Crippen molar-refractivity contribution in [1.82, 2.24) is 9.55 Å². The molecule has 3 heteroatoms. The zero-order valence-corrected chi connectivity index (χ0v) is 30.7. The Morgan fingerprint density at radius 1 is 0.321 bits per heavy atom. The van der Waals surface area contributed by atoms with E-state index in [1.54, 1.807) is 0 Å². The molecule has 0 saturated carbocycles. The topological polar surface area (TPSA) is 21.1 Å². The molecule has 264 valence electrons. The molecule has 0 amide bonds. The Labute approximate surface area is 327 Å². The van der Waals surface area contributed by atoms with E-state index in [2.05, 4.69) is 228 Å². The summed E-state index contributed by atoms with van der Waals surface area (Å²) >= 11 is 0. The molecule has 0 aliphatic rings. The van der Waals surface area contributed by atoms with E-state index in [-0.39, 0.29) is 0 Å². The third kappa shape index (κ3) is 6.21. The van der Waals surface area contributed by atoms with Crippen molar-refractivity contribution in [2.45, 2.75) is 0 Å². The van der Waals surface area contributed by atoms with Gasteiger partial charge in [-0.3, -0.25) is 0 Å². The number of para-hydroxylation sites is 1. The third-order valence-electron chi connectivity index (χ3n) is 10.6. The number of rotatable bonds is 8. The minimum Gasteiger partial charge on any atom is -0.311 e. The summed E-state index contributed by atoms with van der Waals surface area (Å²) in [4.78, 5) is 7.52. The van der Waals surface area contributed by atoms with Crippen LogP contribution in [0.4, 0.5) is 17.1 Å². The fourth-order valence-corrected chi connectivity index (χ4v) is 7.82. The molecule has 0 aliphatic heterocycles. The molecule has 0 atom stereocenters. The fraction of sp³-hybridized carbons (Fsp3) is 0. The molecule has 0 saturated heterocycles. The molecule has 56 heavy (non-hydrogen) atoms. The van der Waals surface area contributed by atoms with Crippen molar-refractivity contribution in [3.8, 4) is 50.3 Å². The monoisotopic (exact) mass is 715 g/mol. The van der Waals surface area contributed by atoms with Crippen LogP contribution in [0.2, 0.25) is 0 Å². The molecule has 10 aromatic rings. The van der Waals surface area contributed by atoms with E-state index in [0.29, 0.717) is 0 Å². The Hall–Kier alpha value is -7.49. The molecule has 3 nitrogen and oxygen atoms in total. The van der Waals surface area contributed by atoms with Crippen LogP contribution < -0.4 is 4.90 Å². The molecule has 0 unspecified atom stereocenters. The summed E-state index contributed by atoms with van der Waals surface area (Å²) in [6, 6.07) is 79.8. The molecule has 0 spiro atoms. The predicted molar refractivity (Wildman–Crippen MR) is 235 cm³/mol. The highest BCUT2D eigenvalue weighted by Gasteiger charge is 2.17. The minimum absolute atomic E-state index is 0.975. The van der Waals surface area contributed by atoms with Gasteiger partial charge in [0.05, 0.1) is 22.2 Å². The SMILES string of the molecule is c1ccc(-c2ccc(N(c3ccc(-c4ccccc4)cc3)c3ccc(-c4cccc(-n5c6ccccc6c6nc(-c7ccccc7)ccc65)c4)cc3)cc2)cc1. The smallest absolute Gasteiger partial charge is 0.0970 e. The van der Waals surface area contributed by atoms with Crippen molar-refractivity contribution in [2.24, 2.45) is 0 Å². The molecule has 2 aromatic heterocycles. The molecular weight excluding hydrogens is 679 g/mol. The lowest BCUT2D eigenvalue weighted by Crippen LogP contribution is -2.09. The van der Waals surface area contributed by atoms with Crippen LogP contribution >= 0.6 is 0 Å². The van der Waals surface area contributed by atoms with E-state index >= 15 is 0 Å². The number of fused-ring (bicyclic) bond motifs is 3. The van der Waals surface area contributed by atoms with Gasteiger partial charge in [-0.15, -0.1) is 0 Å². The van der Waals surface area contributed by atoms with Crippen LogP contribution in [0.25, 0.3) is 72.3 Å². The summed E-state index contributed by atoms with van der Waals surface area (Å²) in [6.07, 6.45) is 0. The average molecular weight is 716 g/mol. The van der Waals surface area contributed by atoms with Gasteiger partial charge < -0.3 is 9.47 Å². The normalized spacial score (nSPS) is 11.2. The Kier molecular flexibility index (Phi) is 8.51. The predicted octanol–water partition coefficient (Wildman–Crippen LogP) is 14.3. The van der Waals surface area contributed by atoms with Gasteiger partial charge in [0, 0.05) is 33.7 Å². The van der Waals surface area contributed by atoms with Crippen molar-refractivity contribution in [2.75, 3.05) is 4.90 Å². The fourth-order valence-electron chi connectivity index (χ4n) is 7.82. The van der Waals surface area contributed by atoms with E-state index in [4.69, 9.17) is 4.98 Å². The second kappa shape index (κ2) is 14.4. The summed E-state index contributed by atoms with van der Waals surface area (Å²) in [6.45, 7) is 0. The van der Waals surface area contributed by atoms with E-state index in [1.165, 1.54) is 22.3 Å². The van der Waals surface area contributed by atoms with Gasteiger partial charge in [-0.25, -0.2) is 4.98 Å². The quantitative estimate of drug-likeness (QED) is 0.156. The Balaban J connectivity index is 1.02. The number of hydrogen-bond donors (Lipinski definition) is 0. The largest absolute Gasteiger partial charge is 0.311 e. The van der Waals surface area contributed by atoms with E-state index < -0.39 is 0 Å². The molecule has 0 N–H and O–H groups in total. The molecule has 8 aromatic carbocycles. The van der Waals surface area contributed by atoms with Crippen molar-refractivity contribution in [3.05, 3.63) is 224 Å². The molecular formula is C53H37N3. The lowest BCUT2D eigenvalue weighted by molar-refractivity contribution is 1.18. The first-order valence-electron chi connectivity index (χ1n) is 19.0. The van der Waals surface area contributed by atoms with Gasteiger partial charge in [0.25, 0.3) is 0 Å². The van der Waals surface area contributed by atoms with Crippen LogP contribution in [0.3, 0.4) is 0 Å². The number of benzene rings is 8. The summed E-state index contributed by atoms with van der Waals surface area (Å²) in [5.74, 6) is 0. The Bertz CT molecular complexity index is 2830. The summed E-state index contributed by atoms with van der Waals surface area (Å²) in [5.41, 5.74) is 16.8. The number of anilines is 3. The van der Waals surface area contributed by atoms with Gasteiger partial charge >= 0.3 is 0 Å². The van der Waals surface area contributed by atoms with Crippen molar-refractivity contribution in [1.29, 1.82) is 0 Å². The average Bonchev–Trinajstić information content (AvgIpc) is 3.62. The Morgan fingerprint density at radius 2 is 0.768 bits per heavy atom. The molecule has 0 aliphatic carbocycles. The van der Waals surface area contributed by atoms with Crippen LogP contribution in [-0.4, -0.2) is 9.55 Å². The van der Waals surface area contributed by atoms with E-state index in [0.717, 1.165) is 67.1 Å². The standard InChI is InChI=1S/C53H37N3/c1-4-13-38(14-5-1)40-23-29-45(30-24-40)55(46-31-25-41(26-32-46)39-15-6-2-7-16-39)47-33-27-42(28-34-47)44-19-12-20-48(37-44)56-51-22-11-10-21-49(51)53-52(56)36-35-50(54-53)43-17-8-3-9-18-43/h1-37H. The molecule has 10 rings (SSSR count). The van der Waals surface area contributed by atoms with Crippen molar-refractivity contribution >= 4 is 39.0 Å². The number of hydrogen-bond acceptors (Lipinski definition) is 2. The minimum atomic E-state index is 0.975. The van der Waals surface area contributed by atoms with Gasteiger partial charge in [0.15, 0.2) is 0 Å². The molecule has 0 fully saturated rings. The lowest BCUT2D eigenvalue weighted by Gasteiger charge is -2.26. The van der Waals surface area contributed by atoms with Gasteiger partial charge in [-0.2, -0.15) is 0 Å². The highest BCUT2D eigenvalue weighted by molar-refractivity contribution is 6.07. The Morgan fingerprint density at radius 3 is 1.32 bits per heavy atom. The summed E-state index contributed by atoms with van der Waals surface area (Å²) in [5, 5.41) is 1.14. The van der Waals surface area contributed by atoms with Crippen molar-refractivity contribution in [3.63, 3.8) is 0 Å². The van der Waals surface area contributed by atoms with E-state index in [1.807, 2.05) is 6.07 Å². The zero-order valence-electron chi connectivity index (χ0n) is 30.7. The second-order valence-electron chi connectivity index (χ2n) is 14.0. The van der Waals surface area contributed by atoms with Crippen LogP contribution in [0.1, 0.15) is 0 Å². The lowest BCUT2D eigenvalue weighted by atomic mass is 10.0. The highest BCUT2D eigenvalue weighted by Crippen LogP contribution is 2.39. The van der Waals surface area contributed by atoms with Crippen LogP contribution in [-0.2, 0) is 0 Å². The molecule has 0 radical (unpaired) electrons. The number of nitrogens with zero attached hydrogens (tertiary/aromatic N) is 3. The summed E-state index contributed by atoms with van der Waals surface area (Å²) in [7, 11) is 0. The van der Waals surface area contributed by atoms with Crippen molar-refractivity contribution < 1.29 is 0 Å². The highest BCUT2D eigenvalue weighted by atomic mass is 15.1. The maximum absolute atomic E-state index is 5.19. The first-order chi connectivity index (χ1) is 27.8. The molecule has 2 heterocycles. The van der Waals surface area contributed by atoms with E-state index in [9.17, 15) is 0 Å². The maximum atomic E-state index is 5.19. The van der Waals surface area contributed by atoms with Gasteiger partial charge in [0.1, 0.15) is 0 Å². The third-order valence-corrected chi connectivity index (χ3v) is 10.6. The van der Waals surface area contributed by atoms with Crippen LogP contribution in [0.15, 0.2) is 224 Å². The maximum Gasteiger partial charge on any atom is 0.0970 e. The first-order valence-corrected chi connectivity index (χ1v) is 19.0. The zero-order chi connectivity index (χ0) is 37.3. The second-order valence-corrected chi connectivity index (χ2v) is 14.0. The summed E-state index contributed by atoms with van der Waals surface area (Å²) < 4.78 is 2.34. The number of aromatic nitrogens is 2. The van der Waals surface area contributed by atoms with Crippen LogP contribution in [0.5, 0.6) is 0 Å². The van der Waals surface area contributed by atoms with Gasteiger partial charge in [0.2, 0.25) is 0 Å². The first kappa shape index (κ1) is 33.1. The van der Waals surface area contributed by atoms with Gasteiger partial charge in [-0.1, -0.05) is 158 Å². The van der Waals surface area contributed by atoms with Gasteiger partial charge in [-0.05, 0) is 100 Å².